The Balaban J connectivity index is 2.42. The molecule has 0 spiro atoms. The molecule has 0 aromatic heterocycles. The lowest BCUT2D eigenvalue weighted by molar-refractivity contribution is -0.144. The predicted molar refractivity (Wildman–Crippen MR) is 60.9 cm³/mol. The Morgan fingerprint density at radius 3 is 2.22 bits per heavy atom. The first-order valence-corrected chi connectivity index (χ1v) is 5.38. The van der Waals surface area contributed by atoms with Crippen molar-refractivity contribution in [2.45, 2.75) is 12.0 Å². The van der Waals surface area contributed by atoms with Crippen LogP contribution in [0.15, 0.2) is 12.1 Å². The number of aliphatic hydroxyl groups excluding tert-OH is 1. The summed E-state index contributed by atoms with van der Waals surface area (Å²) in [5.74, 6) is -0.817. The molecule has 1 fully saturated rings. The quantitative estimate of drug-likeness (QED) is 0.760. The maximum Gasteiger partial charge on any atom is 0.335 e. The fourth-order valence-corrected chi connectivity index (χ4v) is 1.92. The van der Waals surface area contributed by atoms with Crippen LogP contribution in [-0.4, -0.2) is 43.1 Å². The van der Waals surface area contributed by atoms with Crippen molar-refractivity contribution >= 4 is 5.97 Å². The van der Waals surface area contributed by atoms with Crippen LogP contribution in [-0.2, 0) is 9.53 Å². The summed E-state index contributed by atoms with van der Waals surface area (Å²) in [6.45, 7) is 0.0943. The van der Waals surface area contributed by atoms with Crippen LogP contribution in [0.5, 0.6) is 17.2 Å². The van der Waals surface area contributed by atoms with Crippen molar-refractivity contribution in [3.63, 3.8) is 0 Å². The van der Waals surface area contributed by atoms with Crippen LogP contribution in [0.1, 0.15) is 11.5 Å². The van der Waals surface area contributed by atoms with E-state index < -0.39 is 18.0 Å². The highest BCUT2D eigenvalue weighted by atomic mass is 16.6. The largest absolute Gasteiger partial charge is 0.502 e. The zero-order chi connectivity index (χ0) is 13.3. The number of hydrogen-bond donors (Lipinski definition) is 2. The Morgan fingerprint density at radius 2 is 1.83 bits per heavy atom. The van der Waals surface area contributed by atoms with Crippen LogP contribution in [0.3, 0.4) is 0 Å². The third kappa shape index (κ3) is 1.95. The maximum absolute atomic E-state index is 11.1. The smallest absolute Gasteiger partial charge is 0.335 e. The van der Waals surface area contributed by atoms with Gasteiger partial charge in [0.1, 0.15) is 6.61 Å². The van der Waals surface area contributed by atoms with Crippen molar-refractivity contribution < 1.29 is 29.2 Å². The molecular formula is C12H14O6. The molecule has 1 aliphatic heterocycles. The molecule has 0 aliphatic carbocycles. The molecule has 1 saturated heterocycles. The van der Waals surface area contributed by atoms with E-state index in [1.807, 2.05) is 0 Å². The molecule has 0 bridgehead atoms. The fourth-order valence-electron chi connectivity index (χ4n) is 1.92. The molecule has 1 aromatic carbocycles. The minimum Gasteiger partial charge on any atom is -0.502 e. The fraction of sp³-hybridized carbons (Fsp3) is 0.417. The van der Waals surface area contributed by atoms with Crippen molar-refractivity contribution in [1.29, 1.82) is 0 Å². The van der Waals surface area contributed by atoms with E-state index in [1.165, 1.54) is 14.2 Å². The Hall–Kier alpha value is -1.95. The van der Waals surface area contributed by atoms with Crippen LogP contribution in [0.4, 0.5) is 0 Å². The number of aliphatic hydroxyl groups is 1. The standard InChI is InChI=1S/C12H14O6/c1-16-8-3-6(4-9(17-2)11(8)14)7-5-18-12(15)10(7)13/h3-4,7,10,13-14H,5H2,1-2H3/t7-,10-/m1/s1. The SMILES string of the molecule is COc1cc([C@H]2COC(=O)[C@@H]2O)cc(OC)c1O. The highest BCUT2D eigenvalue weighted by molar-refractivity contribution is 5.78. The summed E-state index contributed by atoms with van der Waals surface area (Å²) in [6.07, 6.45) is -1.20. The summed E-state index contributed by atoms with van der Waals surface area (Å²) in [5.41, 5.74) is 0.611. The van der Waals surface area contributed by atoms with Gasteiger partial charge >= 0.3 is 5.97 Å². The van der Waals surface area contributed by atoms with Gasteiger partial charge in [-0.2, -0.15) is 0 Å². The van der Waals surface area contributed by atoms with E-state index >= 15 is 0 Å². The number of phenolic OH excluding ortho intramolecular Hbond substituents is 1. The van der Waals surface area contributed by atoms with Crippen molar-refractivity contribution in [3.8, 4) is 17.2 Å². The molecule has 6 heteroatoms. The zero-order valence-corrected chi connectivity index (χ0v) is 10.0. The second kappa shape index (κ2) is 4.73. The number of esters is 1. The summed E-state index contributed by atoms with van der Waals surface area (Å²) < 4.78 is 14.8. The van der Waals surface area contributed by atoms with Gasteiger partial charge in [0.25, 0.3) is 0 Å². The topological polar surface area (TPSA) is 85.2 Å². The molecule has 2 N–H and O–H groups in total. The zero-order valence-electron chi connectivity index (χ0n) is 10.0. The van der Waals surface area contributed by atoms with Crippen LogP contribution in [0, 0.1) is 0 Å². The number of ether oxygens (including phenoxy) is 3. The first-order valence-electron chi connectivity index (χ1n) is 5.38. The molecule has 0 amide bonds. The minimum atomic E-state index is -1.20. The lowest BCUT2D eigenvalue weighted by Crippen LogP contribution is -2.20. The van der Waals surface area contributed by atoms with Crippen LogP contribution in [0.25, 0.3) is 0 Å². The Morgan fingerprint density at radius 1 is 1.28 bits per heavy atom. The van der Waals surface area contributed by atoms with Crippen LogP contribution < -0.4 is 9.47 Å². The summed E-state index contributed by atoms with van der Waals surface area (Å²) in [7, 11) is 2.82. The summed E-state index contributed by atoms with van der Waals surface area (Å²) in [5, 5.41) is 19.5. The second-order valence-corrected chi connectivity index (χ2v) is 3.96. The highest BCUT2D eigenvalue weighted by Crippen LogP contribution is 2.40. The average molecular weight is 254 g/mol. The van der Waals surface area contributed by atoms with Gasteiger partial charge < -0.3 is 24.4 Å². The van der Waals surface area contributed by atoms with Gasteiger partial charge in [0, 0.05) is 0 Å². The minimum absolute atomic E-state index is 0.0943. The van der Waals surface area contributed by atoms with Gasteiger partial charge in [0.2, 0.25) is 5.75 Å². The third-order valence-electron chi connectivity index (χ3n) is 2.96. The number of methoxy groups -OCH3 is 2. The first kappa shape index (κ1) is 12.5. The second-order valence-electron chi connectivity index (χ2n) is 3.96. The van der Waals surface area contributed by atoms with Gasteiger partial charge in [-0.05, 0) is 17.7 Å². The number of hydrogen-bond acceptors (Lipinski definition) is 6. The van der Waals surface area contributed by atoms with Crippen LogP contribution in [0.2, 0.25) is 0 Å². The summed E-state index contributed by atoms with van der Waals surface area (Å²) >= 11 is 0. The first-order chi connectivity index (χ1) is 8.58. The molecule has 0 radical (unpaired) electrons. The molecular weight excluding hydrogens is 240 g/mol. The Labute approximate surface area is 104 Å². The number of benzene rings is 1. The number of rotatable bonds is 3. The van der Waals surface area contributed by atoms with Gasteiger partial charge in [-0.25, -0.2) is 4.79 Å². The van der Waals surface area contributed by atoms with Gasteiger partial charge in [-0.1, -0.05) is 0 Å². The van der Waals surface area contributed by atoms with Gasteiger partial charge in [0.15, 0.2) is 17.6 Å². The molecule has 1 aromatic rings. The normalized spacial score (nSPS) is 22.7. The molecule has 1 heterocycles. The molecule has 1 aliphatic rings. The predicted octanol–water partition coefficient (Wildman–Crippen LogP) is 0.411. The maximum atomic E-state index is 11.1. The van der Waals surface area contributed by atoms with E-state index in [1.54, 1.807) is 12.1 Å². The lowest BCUT2D eigenvalue weighted by atomic mass is 9.95. The molecule has 0 unspecified atom stereocenters. The third-order valence-corrected chi connectivity index (χ3v) is 2.96. The number of cyclic esters (lactones) is 1. The van der Waals surface area contributed by atoms with E-state index in [2.05, 4.69) is 0 Å². The Bertz CT molecular complexity index is 445. The van der Waals surface area contributed by atoms with Crippen molar-refractivity contribution in [3.05, 3.63) is 17.7 Å². The molecule has 2 rings (SSSR count). The van der Waals surface area contributed by atoms with E-state index in [4.69, 9.17) is 14.2 Å². The van der Waals surface area contributed by atoms with E-state index in [0.29, 0.717) is 5.56 Å². The number of carbonyl (C=O) groups is 1. The van der Waals surface area contributed by atoms with E-state index in [9.17, 15) is 15.0 Å². The molecule has 18 heavy (non-hydrogen) atoms. The van der Waals surface area contributed by atoms with Crippen molar-refractivity contribution in [1.82, 2.24) is 0 Å². The summed E-state index contributed by atoms with van der Waals surface area (Å²) in [6, 6.07) is 3.10. The van der Waals surface area contributed by atoms with Gasteiger partial charge in [-0.3, -0.25) is 0 Å². The molecule has 0 saturated carbocycles. The van der Waals surface area contributed by atoms with Gasteiger partial charge in [0.05, 0.1) is 20.1 Å². The van der Waals surface area contributed by atoms with E-state index in [-0.39, 0.29) is 23.9 Å². The van der Waals surface area contributed by atoms with Crippen molar-refractivity contribution in [2.24, 2.45) is 0 Å². The number of aromatic hydroxyl groups is 1. The monoisotopic (exact) mass is 254 g/mol. The molecule has 98 valence electrons. The summed E-state index contributed by atoms with van der Waals surface area (Å²) in [4.78, 5) is 11.1. The van der Waals surface area contributed by atoms with E-state index in [0.717, 1.165) is 0 Å². The van der Waals surface area contributed by atoms with Gasteiger partial charge in [-0.15, -0.1) is 0 Å². The molecule has 2 atom stereocenters. The lowest BCUT2D eigenvalue weighted by Gasteiger charge is -2.15. The van der Waals surface area contributed by atoms with Crippen molar-refractivity contribution in [2.75, 3.05) is 20.8 Å². The highest BCUT2D eigenvalue weighted by Gasteiger charge is 2.37. The molecule has 6 nitrogen and oxygen atoms in total. The number of carbonyl (C=O) groups excluding carboxylic acids is 1. The number of phenols is 1. The van der Waals surface area contributed by atoms with Crippen LogP contribution >= 0.6 is 0 Å². The average Bonchev–Trinajstić information content (AvgIpc) is 2.70. The Kier molecular flexibility index (Phi) is 3.29.